The number of ether oxygens (including phenoxy) is 1. The minimum Gasteiger partial charge on any atom is -0.453 e. The van der Waals surface area contributed by atoms with Crippen LogP contribution in [0.5, 0.6) is 0 Å². The number of fused-ring (bicyclic) bond motifs is 1. The van der Waals surface area contributed by atoms with Crippen LogP contribution in [0.15, 0.2) is 24.3 Å². The van der Waals surface area contributed by atoms with Crippen LogP contribution in [-0.2, 0) is 14.3 Å². The van der Waals surface area contributed by atoms with Crippen molar-refractivity contribution >= 4 is 23.7 Å². The van der Waals surface area contributed by atoms with Crippen molar-refractivity contribution in [1.82, 2.24) is 9.80 Å². The number of hydrogen-bond acceptors (Lipinski definition) is 5. The fourth-order valence-electron chi connectivity index (χ4n) is 3.68. The maximum atomic E-state index is 12.4. The molecule has 1 saturated heterocycles. The average molecular weight is 386 g/mol. The molecule has 7 heteroatoms. The molecule has 1 aromatic rings. The molecule has 28 heavy (non-hydrogen) atoms. The first-order valence-corrected chi connectivity index (χ1v) is 9.92. The minimum absolute atomic E-state index is 0.0467. The van der Waals surface area contributed by atoms with Gasteiger partial charge in [0.2, 0.25) is 0 Å². The smallest absolute Gasteiger partial charge is 0.306 e. The van der Waals surface area contributed by atoms with Gasteiger partial charge in [-0.25, -0.2) is 0 Å². The van der Waals surface area contributed by atoms with E-state index < -0.39 is 12.1 Å². The van der Waals surface area contributed by atoms with Crippen LogP contribution in [0.3, 0.4) is 0 Å². The standard InChI is InChI=1S/C21H26N2O5/c1-15(19(25)22-12-6-2-3-7-13-22)28-18(24)11-8-14-23-20(26)16-9-4-5-10-17(16)21(23)27/h4-5,9-10,15H,2-3,6-8,11-14H2,1H3. The molecule has 1 unspecified atom stereocenters. The summed E-state index contributed by atoms with van der Waals surface area (Å²) in [6.45, 7) is 3.16. The van der Waals surface area contributed by atoms with E-state index >= 15 is 0 Å². The van der Waals surface area contributed by atoms with E-state index in [9.17, 15) is 19.2 Å². The molecule has 1 fully saturated rings. The maximum absolute atomic E-state index is 12.4. The van der Waals surface area contributed by atoms with Crippen LogP contribution in [0, 0.1) is 0 Å². The van der Waals surface area contributed by atoms with Crippen LogP contribution in [0.25, 0.3) is 0 Å². The lowest BCUT2D eigenvalue weighted by atomic mass is 10.1. The van der Waals surface area contributed by atoms with Crippen molar-refractivity contribution in [2.75, 3.05) is 19.6 Å². The minimum atomic E-state index is -0.815. The topological polar surface area (TPSA) is 84.0 Å². The van der Waals surface area contributed by atoms with Crippen LogP contribution in [0.2, 0.25) is 0 Å². The second-order valence-electron chi connectivity index (χ2n) is 7.28. The summed E-state index contributed by atoms with van der Waals surface area (Å²) in [5.74, 6) is -1.32. The monoisotopic (exact) mass is 386 g/mol. The third-order valence-corrected chi connectivity index (χ3v) is 5.21. The Morgan fingerprint density at radius 1 is 1.00 bits per heavy atom. The Morgan fingerprint density at radius 2 is 1.57 bits per heavy atom. The van der Waals surface area contributed by atoms with E-state index in [1.54, 1.807) is 36.1 Å². The Kier molecular flexibility index (Phi) is 6.44. The van der Waals surface area contributed by atoms with Crippen molar-refractivity contribution in [2.24, 2.45) is 0 Å². The van der Waals surface area contributed by atoms with Gasteiger partial charge in [-0.05, 0) is 38.3 Å². The summed E-state index contributed by atoms with van der Waals surface area (Å²) in [6.07, 6.45) is 3.73. The molecule has 0 spiro atoms. The van der Waals surface area contributed by atoms with Crippen molar-refractivity contribution in [1.29, 1.82) is 0 Å². The zero-order valence-electron chi connectivity index (χ0n) is 16.2. The van der Waals surface area contributed by atoms with Gasteiger partial charge < -0.3 is 9.64 Å². The summed E-state index contributed by atoms with van der Waals surface area (Å²) in [7, 11) is 0. The maximum Gasteiger partial charge on any atom is 0.306 e. The van der Waals surface area contributed by atoms with Crippen molar-refractivity contribution in [3.63, 3.8) is 0 Å². The predicted octanol–water partition coefficient (Wildman–Crippen LogP) is 2.40. The Hall–Kier alpha value is -2.70. The number of rotatable bonds is 6. The van der Waals surface area contributed by atoms with E-state index in [4.69, 9.17) is 4.74 Å². The molecule has 0 bridgehead atoms. The summed E-state index contributed by atoms with van der Waals surface area (Å²) in [4.78, 5) is 52.0. The summed E-state index contributed by atoms with van der Waals surface area (Å²) >= 11 is 0. The Balaban J connectivity index is 1.44. The summed E-state index contributed by atoms with van der Waals surface area (Å²) < 4.78 is 5.27. The first-order valence-electron chi connectivity index (χ1n) is 9.92. The number of carbonyl (C=O) groups excluding carboxylic acids is 4. The largest absolute Gasteiger partial charge is 0.453 e. The van der Waals surface area contributed by atoms with Gasteiger partial charge in [-0.3, -0.25) is 24.1 Å². The van der Waals surface area contributed by atoms with E-state index in [0.717, 1.165) is 30.6 Å². The second kappa shape index (κ2) is 8.99. The third-order valence-electron chi connectivity index (χ3n) is 5.21. The molecule has 2 aliphatic heterocycles. The van der Waals surface area contributed by atoms with E-state index in [-0.39, 0.29) is 30.7 Å². The summed E-state index contributed by atoms with van der Waals surface area (Å²) in [5, 5.41) is 0. The van der Waals surface area contributed by atoms with Crippen LogP contribution < -0.4 is 0 Å². The van der Waals surface area contributed by atoms with Crippen LogP contribution in [-0.4, -0.2) is 59.2 Å². The van der Waals surface area contributed by atoms with Gasteiger partial charge in [-0.15, -0.1) is 0 Å². The van der Waals surface area contributed by atoms with Gasteiger partial charge in [0.1, 0.15) is 0 Å². The van der Waals surface area contributed by atoms with Gasteiger partial charge in [0.15, 0.2) is 6.10 Å². The fourth-order valence-corrected chi connectivity index (χ4v) is 3.68. The molecule has 2 aliphatic rings. The SMILES string of the molecule is CC(OC(=O)CCCN1C(=O)c2ccccc2C1=O)C(=O)N1CCCCCC1. The number of nitrogens with zero attached hydrogens (tertiary/aromatic N) is 2. The van der Waals surface area contributed by atoms with Gasteiger partial charge in [0.25, 0.3) is 17.7 Å². The van der Waals surface area contributed by atoms with E-state index in [1.165, 1.54) is 0 Å². The van der Waals surface area contributed by atoms with E-state index in [2.05, 4.69) is 0 Å². The lowest BCUT2D eigenvalue weighted by Gasteiger charge is -2.24. The van der Waals surface area contributed by atoms with E-state index in [1.807, 2.05) is 0 Å². The molecule has 2 heterocycles. The molecule has 150 valence electrons. The highest BCUT2D eigenvalue weighted by molar-refractivity contribution is 6.21. The van der Waals surface area contributed by atoms with Crippen molar-refractivity contribution in [3.8, 4) is 0 Å². The number of likely N-dealkylation sites (tertiary alicyclic amines) is 1. The number of hydrogen-bond donors (Lipinski definition) is 0. The highest BCUT2D eigenvalue weighted by Crippen LogP contribution is 2.22. The third kappa shape index (κ3) is 4.40. The Bertz CT molecular complexity index is 733. The Morgan fingerprint density at radius 3 is 2.14 bits per heavy atom. The number of esters is 1. The zero-order chi connectivity index (χ0) is 20.1. The van der Waals surface area contributed by atoms with Crippen molar-refractivity contribution in [3.05, 3.63) is 35.4 Å². The summed E-state index contributed by atoms with van der Waals surface area (Å²) in [5.41, 5.74) is 0.790. The van der Waals surface area contributed by atoms with Crippen LogP contribution >= 0.6 is 0 Å². The number of imide groups is 1. The van der Waals surface area contributed by atoms with Gasteiger partial charge in [0.05, 0.1) is 11.1 Å². The molecule has 0 saturated carbocycles. The van der Waals surface area contributed by atoms with Gasteiger partial charge in [-0.2, -0.15) is 0 Å². The molecule has 3 rings (SSSR count). The molecule has 1 atom stereocenters. The molecule has 0 radical (unpaired) electrons. The number of carbonyl (C=O) groups is 4. The number of benzene rings is 1. The molecule has 3 amide bonds. The van der Waals surface area contributed by atoms with Gasteiger partial charge in [-0.1, -0.05) is 25.0 Å². The second-order valence-corrected chi connectivity index (χ2v) is 7.28. The van der Waals surface area contributed by atoms with E-state index in [0.29, 0.717) is 30.6 Å². The predicted molar refractivity (Wildman–Crippen MR) is 102 cm³/mol. The fraction of sp³-hybridized carbons (Fsp3) is 0.524. The van der Waals surface area contributed by atoms with Gasteiger partial charge in [0, 0.05) is 26.1 Å². The van der Waals surface area contributed by atoms with Crippen LogP contribution in [0.4, 0.5) is 0 Å². The molecule has 0 aliphatic carbocycles. The first kappa shape index (κ1) is 20.0. The average Bonchev–Trinajstić information content (AvgIpc) is 2.89. The molecule has 0 aromatic heterocycles. The van der Waals surface area contributed by atoms with Crippen LogP contribution in [0.1, 0.15) is 66.2 Å². The first-order chi connectivity index (χ1) is 13.5. The molecule has 1 aromatic carbocycles. The molecule has 0 N–H and O–H groups in total. The van der Waals surface area contributed by atoms with Crippen molar-refractivity contribution in [2.45, 2.75) is 51.6 Å². The molecule has 7 nitrogen and oxygen atoms in total. The lowest BCUT2D eigenvalue weighted by molar-refractivity contribution is -0.159. The quantitative estimate of drug-likeness (QED) is 0.554. The highest BCUT2D eigenvalue weighted by Gasteiger charge is 2.34. The van der Waals surface area contributed by atoms with Crippen molar-refractivity contribution < 1.29 is 23.9 Å². The molecular weight excluding hydrogens is 360 g/mol. The lowest BCUT2D eigenvalue weighted by Crippen LogP contribution is -2.40. The number of amides is 3. The van der Waals surface area contributed by atoms with Gasteiger partial charge >= 0.3 is 5.97 Å². The highest BCUT2D eigenvalue weighted by atomic mass is 16.5. The summed E-state index contributed by atoms with van der Waals surface area (Å²) in [6, 6.07) is 6.68. The molecular formula is C21H26N2O5. The normalized spacial score (nSPS) is 17.9. The Labute approximate surface area is 164 Å². The zero-order valence-corrected chi connectivity index (χ0v) is 16.2.